The lowest BCUT2D eigenvalue weighted by atomic mass is 10.1. The molecule has 6 nitrogen and oxygen atoms in total. The molecule has 8 heteroatoms. The Hall–Kier alpha value is -1.73. The molecule has 0 spiro atoms. The highest BCUT2D eigenvalue weighted by atomic mass is 35.5. The van der Waals surface area contributed by atoms with E-state index in [1.807, 2.05) is 0 Å². The minimum atomic E-state index is -0.817. The summed E-state index contributed by atoms with van der Waals surface area (Å²) >= 11 is 5.74. The smallest absolute Gasteiger partial charge is 0.273 e. The summed E-state index contributed by atoms with van der Waals surface area (Å²) in [6, 6.07) is 2.84. The number of nitrogens with zero attached hydrogens (tertiary/aromatic N) is 2. The van der Waals surface area contributed by atoms with Gasteiger partial charge in [-0.2, -0.15) is 0 Å². The molecule has 2 unspecified atom stereocenters. The second-order valence-corrected chi connectivity index (χ2v) is 5.20. The lowest BCUT2D eigenvalue weighted by Crippen LogP contribution is -2.49. The quantitative estimate of drug-likeness (QED) is 0.487. The average molecular weight is 317 g/mol. The maximum absolute atomic E-state index is 13.4. The highest BCUT2D eigenvalue weighted by Gasteiger charge is 2.29. The van der Waals surface area contributed by atoms with Crippen LogP contribution in [0.4, 0.5) is 10.1 Å². The summed E-state index contributed by atoms with van der Waals surface area (Å²) in [7, 11) is 0. The molecule has 114 valence electrons. The summed E-state index contributed by atoms with van der Waals surface area (Å²) in [6.07, 6.45) is -0.502. The fourth-order valence-corrected chi connectivity index (χ4v) is 2.45. The third-order valence-electron chi connectivity index (χ3n) is 3.13. The van der Waals surface area contributed by atoms with Gasteiger partial charge in [0.2, 0.25) is 0 Å². The van der Waals surface area contributed by atoms with E-state index in [9.17, 15) is 19.3 Å². The van der Waals surface area contributed by atoms with Crippen LogP contribution in [0.2, 0.25) is 0 Å². The predicted octanol–water partition coefficient (Wildman–Crippen LogP) is 2.20. The van der Waals surface area contributed by atoms with Crippen molar-refractivity contribution >= 4 is 23.2 Å². The Morgan fingerprint density at radius 3 is 2.86 bits per heavy atom. The number of benzene rings is 1. The normalized spacial score (nSPS) is 22.1. The molecule has 1 amide bonds. The first-order valence-electron chi connectivity index (χ1n) is 6.36. The van der Waals surface area contributed by atoms with E-state index < -0.39 is 22.3 Å². The number of ether oxygens (including phenoxy) is 1. The molecule has 0 radical (unpaired) electrons. The summed E-state index contributed by atoms with van der Waals surface area (Å²) in [4.78, 5) is 23.8. The number of carbonyl (C=O) groups is 1. The van der Waals surface area contributed by atoms with Gasteiger partial charge >= 0.3 is 0 Å². The number of carbonyl (C=O) groups excluding carboxylic acids is 1. The molecule has 1 heterocycles. The van der Waals surface area contributed by atoms with Crippen molar-refractivity contribution in [2.24, 2.45) is 0 Å². The molecule has 1 saturated heterocycles. The average Bonchev–Trinajstić information content (AvgIpc) is 2.45. The van der Waals surface area contributed by atoms with E-state index in [1.165, 1.54) is 4.90 Å². The first-order valence-corrected chi connectivity index (χ1v) is 6.90. The van der Waals surface area contributed by atoms with Crippen molar-refractivity contribution in [3.63, 3.8) is 0 Å². The number of nitro groups is 1. The van der Waals surface area contributed by atoms with Crippen LogP contribution >= 0.6 is 11.6 Å². The molecular weight excluding hydrogens is 303 g/mol. The minimum Gasteiger partial charge on any atom is -0.370 e. The summed E-state index contributed by atoms with van der Waals surface area (Å²) in [5, 5.41) is 10.7. The van der Waals surface area contributed by atoms with E-state index in [0.29, 0.717) is 6.54 Å². The van der Waals surface area contributed by atoms with Crippen LogP contribution in [-0.4, -0.2) is 46.9 Å². The minimum absolute atomic E-state index is 0.0517. The second kappa shape index (κ2) is 6.36. The molecule has 1 aromatic carbocycles. The van der Waals surface area contributed by atoms with Gasteiger partial charge in [-0.1, -0.05) is 0 Å². The number of amides is 1. The van der Waals surface area contributed by atoms with Gasteiger partial charge in [-0.3, -0.25) is 14.9 Å². The third kappa shape index (κ3) is 3.68. The molecule has 21 heavy (non-hydrogen) atoms. The number of nitro benzene ring substituents is 1. The lowest BCUT2D eigenvalue weighted by Gasteiger charge is -2.36. The van der Waals surface area contributed by atoms with Crippen molar-refractivity contribution in [3.8, 4) is 0 Å². The number of hydrogen-bond acceptors (Lipinski definition) is 4. The van der Waals surface area contributed by atoms with Crippen molar-refractivity contribution in [1.29, 1.82) is 0 Å². The summed E-state index contributed by atoms with van der Waals surface area (Å²) in [5.74, 6) is -1.05. The molecule has 0 saturated carbocycles. The van der Waals surface area contributed by atoms with Crippen molar-refractivity contribution in [1.82, 2.24) is 4.90 Å². The van der Waals surface area contributed by atoms with Crippen LogP contribution in [-0.2, 0) is 4.74 Å². The number of alkyl halides is 1. The second-order valence-electron chi connectivity index (χ2n) is 4.89. The van der Waals surface area contributed by atoms with Crippen LogP contribution in [0.25, 0.3) is 0 Å². The van der Waals surface area contributed by atoms with Gasteiger partial charge in [-0.25, -0.2) is 4.39 Å². The molecule has 1 aromatic rings. The third-order valence-corrected chi connectivity index (χ3v) is 3.47. The molecule has 0 aromatic heterocycles. The van der Waals surface area contributed by atoms with Gasteiger partial charge in [-0.15, -0.1) is 11.6 Å². The van der Waals surface area contributed by atoms with Crippen LogP contribution < -0.4 is 0 Å². The van der Waals surface area contributed by atoms with Gasteiger partial charge < -0.3 is 9.64 Å². The van der Waals surface area contributed by atoms with Gasteiger partial charge in [0, 0.05) is 24.7 Å². The van der Waals surface area contributed by atoms with Crippen molar-refractivity contribution in [3.05, 3.63) is 39.7 Å². The zero-order valence-corrected chi connectivity index (χ0v) is 12.0. The van der Waals surface area contributed by atoms with E-state index >= 15 is 0 Å². The Morgan fingerprint density at radius 1 is 1.52 bits per heavy atom. The van der Waals surface area contributed by atoms with Crippen molar-refractivity contribution < 1.29 is 18.8 Å². The Bertz CT molecular complexity index is 569. The summed E-state index contributed by atoms with van der Waals surface area (Å²) in [5.41, 5.74) is -0.502. The van der Waals surface area contributed by atoms with E-state index in [1.54, 1.807) is 6.92 Å². The maximum atomic E-state index is 13.4. The molecule has 0 aliphatic carbocycles. The number of hydrogen-bond donors (Lipinski definition) is 0. The standard InChI is InChI=1S/C13H14ClFN2O4/c1-8-6-16(7-12(5-14)21-8)13(18)9-2-10(15)4-11(3-9)17(19)20/h2-4,8,12H,5-7H2,1H3. The van der Waals surface area contributed by atoms with Gasteiger partial charge in [-0.05, 0) is 13.0 Å². The number of halogens is 2. The van der Waals surface area contributed by atoms with Gasteiger partial charge in [0.1, 0.15) is 5.82 Å². The fraction of sp³-hybridized carbons (Fsp3) is 0.462. The van der Waals surface area contributed by atoms with Crippen LogP contribution in [0, 0.1) is 15.9 Å². The zero-order valence-electron chi connectivity index (χ0n) is 11.3. The van der Waals surface area contributed by atoms with Crippen molar-refractivity contribution in [2.45, 2.75) is 19.1 Å². The van der Waals surface area contributed by atoms with E-state index in [-0.39, 0.29) is 30.2 Å². The molecule has 2 rings (SSSR count). The molecule has 0 N–H and O–H groups in total. The first kappa shape index (κ1) is 15.7. The van der Waals surface area contributed by atoms with Crippen LogP contribution in [0.1, 0.15) is 17.3 Å². The summed E-state index contributed by atoms with van der Waals surface area (Å²) < 4.78 is 18.9. The zero-order chi connectivity index (χ0) is 15.6. The molecule has 1 aliphatic rings. The Kier molecular flexibility index (Phi) is 4.74. The number of non-ortho nitro benzene ring substituents is 1. The number of rotatable bonds is 3. The summed E-state index contributed by atoms with van der Waals surface area (Å²) in [6.45, 7) is 2.40. The Morgan fingerprint density at radius 2 is 2.24 bits per heavy atom. The maximum Gasteiger partial charge on any atom is 0.273 e. The van der Waals surface area contributed by atoms with Crippen LogP contribution in [0.15, 0.2) is 18.2 Å². The van der Waals surface area contributed by atoms with Gasteiger partial charge in [0.25, 0.3) is 11.6 Å². The monoisotopic (exact) mass is 316 g/mol. The largest absolute Gasteiger partial charge is 0.370 e. The van der Waals surface area contributed by atoms with Gasteiger partial charge in [0.05, 0.1) is 29.1 Å². The van der Waals surface area contributed by atoms with Crippen LogP contribution in [0.5, 0.6) is 0 Å². The first-order chi connectivity index (χ1) is 9.90. The van der Waals surface area contributed by atoms with Crippen LogP contribution in [0.3, 0.4) is 0 Å². The molecule has 0 bridgehead atoms. The van der Waals surface area contributed by atoms with E-state index in [0.717, 1.165) is 18.2 Å². The molecule has 1 fully saturated rings. The highest BCUT2D eigenvalue weighted by molar-refractivity contribution is 6.18. The molecule has 1 aliphatic heterocycles. The Labute approximate surface area is 125 Å². The lowest BCUT2D eigenvalue weighted by molar-refractivity contribution is -0.385. The molecular formula is C13H14ClFN2O4. The van der Waals surface area contributed by atoms with Gasteiger partial charge in [0.15, 0.2) is 0 Å². The highest BCUT2D eigenvalue weighted by Crippen LogP contribution is 2.20. The fourth-order valence-electron chi connectivity index (χ4n) is 2.28. The topological polar surface area (TPSA) is 72.7 Å². The molecule has 2 atom stereocenters. The Balaban J connectivity index is 2.25. The number of morpholine rings is 1. The SMILES string of the molecule is CC1CN(C(=O)c2cc(F)cc([N+](=O)[O-])c2)CC(CCl)O1. The van der Waals surface area contributed by atoms with Crippen molar-refractivity contribution in [2.75, 3.05) is 19.0 Å². The van der Waals surface area contributed by atoms with E-state index in [4.69, 9.17) is 16.3 Å². The predicted molar refractivity (Wildman–Crippen MR) is 74.0 cm³/mol. The van der Waals surface area contributed by atoms with E-state index in [2.05, 4.69) is 0 Å².